The van der Waals surface area contributed by atoms with E-state index >= 15 is 0 Å². The van der Waals surface area contributed by atoms with Crippen LogP contribution in [-0.4, -0.2) is 50.3 Å². The van der Waals surface area contributed by atoms with Crippen molar-refractivity contribution in [3.63, 3.8) is 0 Å². The van der Waals surface area contributed by atoms with Gasteiger partial charge in [-0.15, -0.1) is 30.6 Å². The van der Waals surface area contributed by atoms with Gasteiger partial charge in [-0.3, -0.25) is 4.99 Å². The molecule has 4 nitrogen and oxygen atoms in total. The van der Waals surface area contributed by atoms with E-state index in [1.54, 1.807) is 7.05 Å². The molecule has 1 heterocycles. The number of thioether (sulfide) groups is 1. The first-order chi connectivity index (χ1) is 8.36. The third-order valence-corrected chi connectivity index (χ3v) is 3.48. The molecular weight excluding hydrogens is 361 g/mol. The number of rotatable bonds is 7. The number of halogens is 1. The lowest BCUT2D eigenvalue weighted by Gasteiger charge is -2.14. The molecule has 18 heavy (non-hydrogen) atoms. The molecule has 0 saturated carbocycles. The van der Waals surface area contributed by atoms with Gasteiger partial charge in [-0.2, -0.15) is 11.8 Å². The van der Waals surface area contributed by atoms with Crippen molar-refractivity contribution in [1.82, 2.24) is 10.6 Å². The zero-order chi connectivity index (χ0) is 12.3. The molecule has 1 unspecified atom stereocenters. The third kappa shape index (κ3) is 8.20. The molecule has 6 heteroatoms. The Morgan fingerprint density at radius 3 is 3.00 bits per heavy atom. The van der Waals surface area contributed by atoms with E-state index in [4.69, 9.17) is 4.74 Å². The standard InChI is InChI=1S/C12H23N3OS.HI/c1-3-8-17-9-6-14-12(13-2)15-10-11-5-4-7-16-11;/h3,11H,1,4-10H2,2H3,(H2,13,14,15);1H. The molecular formula is C12H24IN3OS. The summed E-state index contributed by atoms with van der Waals surface area (Å²) in [7, 11) is 1.79. The summed E-state index contributed by atoms with van der Waals surface area (Å²) >= 11 is 1.86. The number of nitrogens with zero attached hydrogens (tertiary/aromatic N) is 1. The molecule has 1 fully saturated rings. The predicted octanol–water partition coefficient (Wildman–Crippen LogP) is 1.87. The smallest absolute Gasteiger partial charge is 0.191 e. The van der Waals surface area contributed by atoms with E-state index in [0.29, 0.717) is 6.10 Å². The average molecular weight is 385 g/mol. The summed E-state index contributed by atoms with van der Waals surface area (Å²) in [4.78, 5) is 4.18. The van der Waals surface area contributed by atoms with E-state index in [-0.39, 0.29) is 24.0 Å². The van der Waals surface area contributed by atoms with Crippen LogP contribution < -0.4 is 10.6 Å². The first-order valence-corrected chi connectivity index (χ1v) is 7.27. The van der Waals surface area contributed by atoms with Crippen molar-refractivity contribution in [2.75, 3.05) is 38.2 Å². The second-order valence-corrected chi connectivity index (χ2v) is 5.03. The number of guanidine groups is 1. The molecule has 1 aliphatic heterocycles. The van der Waals surface area contributed by atoms with Crippen LogP contribution in [-0.2, 0) is 4.74 Å². The number of aliphatic imine (C=N–C) groups is 1. The van der Waals surface area contributed by atoms with Gasteiger partial charge in [0.15, 0.2) is 5.96 Å². The van der Waals surface area contributed by atoms with Gasteiger partial charge in [0, 0.05) is 38.2 Å². The Morgan fingerprint density at radius 1 is 1.56 bits per heavy atom. The van der Waals surface area contributed by atoms with Crippen LogP contribution in [0.2, 0.25) is 0 Å². The van der Waals surface area contributed by atoms with E-state index < -0.39 is 0 Å². The Morgan fingerprint density at radius 2 is 2.39 bits per heavy atom. The highest BCUT2D eigenvalue weighted by Crippen LogP contribution is 2.10. The summed E-state index contributed by atoms with van der Waals surface area (Å²) in [6.07, 6.45) is 4.61. The highest BCUT2D eigenvalue weighted by atomic mass is 127. The Kier molecular flexibility index (Phi) is 12.1. The molecule has 0 aromatic heterocycles. The van der Waals surface area contributed by atoms with Crippen molar-refractivity contribution < 1.29 is 4.74 Å². The van der Waals surface area contributed by atoms with Crippen LogP contribution in [0.3, 0.4) is 0 Å². The van der Waals surface area contributed by atoms with E-state index in [0.717, 1.165) is 43.6 Å². The molecule has 0 bridgehead atoms. The molecule has 1 atom stereocenters. The normalized spacial score (nSPS) is 19.2. The van der Waals surface area contributed by atoms with Gasteiger partial charge >= 0.3 is 0 Å². The van der Waals surface area contributed by atoms with Gasteiger partial charge in [-0.25, -0.2) is 0 Å². The number of ether oxygens (including phenoxy) is 1. The minimum Gasteiger partial charge on any atom is -0.376 e. The first kappa shape index (κ1) is 18.0. The van der Waals surface area contributed by atoms with Crippen molar-refractivity contribution in [2.24, 2.45) is 4.99 Å². The monoisotopic (exact) mass is 385 g/mol. The van der Waals surface area contributed by atoms with E-state index in [2.05, 4.69) is 22.2 Å². The maximum absolute atomic E-state index is 5.54. The Balaban J connectivity index is 0.00000289. The summed E-state index contributed by atoms with van der Waals surface area (Å²) in [5, 5.41) is 6.57. The molecule has 1 rings (SSSR count). The van der Waals surface area contributed by atoms with Crippen LogP contribution in [0.15, 0.2) is 17.6 Å². The molecule has 0 amide bonds. The van der Waals surface area contributed by atoms with Gasteiger partial charge in [-0.05, 0) is 12.8 Å². The topological polar surface area (TPSA) is 45.7 Å². The molecule has 106 valence electrons. The summed E-state index contributed by atoms with van der Waals surface area (Å²) in [5.74, 6) is 2.93. The van der Waals surface area contributed by atoms with Crippen LogP contribution >= 0.6 is 35.7 Å². The van der Waals surface area contributed by atoms with E-state index in [1.165, 1.54) is 6.42 Å². The van der Waals surface area contributed by atoms with E-state index in [9.17, 15) is 0 Å². The quantitative estimate of drug-likeness (QED) is 0.231. The molecule has 0 aromatic carbocycles. The Hall–Kier alpha value is 0.0500. The SMILES string of the molecule is C=CCSCCNC(=NC)NCC1CCCO1.I. The maximum Gasteiger partial charge on any atom is 0.191 e. The highest BCUT2D eigenvalue weighted by molar-refractivity contribution is 14.0. The minimum atomic E-state index is 0. The fourth-order valence-corrected chi connectivity index (χ4v) is 2.22. The second kappa shape index (κ2) is 12.1. The van der Waals surface area contributed by atoms with Crippen LogP contribution in [0.1, 0.15) is 12.8 Å². The summed E-state index contributed by atoms with van der Waals surface area (Å²) in [6, 6.07) is 0. The zero-order valence-corrected chi connectivity index (χ0v) is 14.1. The maximum atomic E-state index is 5.54. The van der Waals surface area contributed by atoms with Crippen molar-refractivity contribution >= 4 is 41.7 Å². The Labute approximate surface area is 131 Å². The summed E-state index contributed by atoms with van der Waals surface area (Å²) < 4.78 is 5.54. The van der Waals surface area contributed by atoms with Gasteiger partial charge in [0.25, 0.3) is 0 Å². The molecule has 0 aliphatic carbocycles. The summed E-state index contributed by atoms with van der Waals surface area (Å²) in [6.45, 7) is 6.36. The van der Waals surface area contributed by atoms with Gasteiger partial charge < -0.3 is 15.4 Å². The fourth-order valence-electron chi connectivity index (χ4n) is 1.64. The zero-order valence-electron chi connectivity index (χ0n) is 11.0. The van der Waals surface area contributed by atoms with Gasteiger partial charge in [-0.1, -0.05) is 6.08 Å². The fraction of sp³-hybridized carbons (Fsp3) is 0.750. The summed E-state index contributed by atoms with van der Waals surface area (Å²) in [5.41, 5.74) is 0. The lowest BCUT2D eigenvalue weighted by molar-refractivity contribution is 0.114. The van der Waals surface area contributed by atoms with Gasteiger partial charge in [0.05, 0.1) is 6.10 Å². The van der Waals surface area contributed by atoms with E-state index in [1.807, 2.05) is 17.8 Å². The van der Waals surface area contributed by atoms with Crippen LogP contribution in [0.4, 0.5) is 0 Å². The number of hydrogen-bond donors (Lipinski definition) is 2. The second-order valence-electron chi connectivity index (χ2n) is 3.88. The predicted molar refractivity (Wildman–Crippen MR) is 91.3 cm³/mol. The van der Waals surface area contributed by atoms with Gasteiger partial charge in [0.2, 0.25) is 0 Å². The van der Waals surface area contributed by atoms with Crippen molar-refractivity contribution in [3.8, 4) is 0 Å². The lowest BCUT2D eigenvalue weighted by Crippen LogP contribution is -2.41. The van der Waals surface area contributed by atoms with Crippen LogP contribution in [0.25, 0.3) is 0 Å². The average Bonchev–Trinajstić information content (AvgIpc) is 2.86. The number of nitrogens with one attached hydrogen (secondary N) is 2. The van der Waals surface area contributed by atoms with Crippen LogP contribution in [0, 0.1) is 0 Å². The molecule has 0 radical (unpaired) electrons. The van der Waals surface area contributed by atoms with Crippen molar-refractivity contribution in [2.45, 2.75) is 18.9 Å². The highest BCUT2D eigenvalue weighted by Gasteiger charge is 2.15. The largest absolute Gasteiger partial charge is 0.376 e. The lowest BCUT2D eigenvalue weighted by atomic mass is 10.2. The molecule has 0 aromatic rings. The minimum absolute atomic E-state index is 0. The van der Waals surface area contributed by atoms with Crippen molar-refractivity contribution in [1.29, 1.82) is 0 Å². The molecule has 2 N–H and O–H groups in total. The number of hydrogen-bond acceptors (Lipinski definition) is 3. The molecule has 1 aliphatic rings. The molecule has 1 saturated heterocycles. The first-order valence-electron chi connectivity index (χ1n) is 6.11. The van der Waals surface area contributed by atoms with Gasteiger partial charge in [0.1, 0.15) is 0 Å². The third-order valence-electron chi connectivity index (χ3n) is 2.52. The van der Waals surface area contributed by atoms with Crippen molar-refractivity contribution in [3.05, 3.63) is 12.7 Å². The Bertz CT molecular complexity index is 245. The molecule has 0 spiro atoms. The van der Waals surface area contributed by atoms with Crippen LogP contribution in [0.5, 0.6) is 0 Å².